The number of nitrogens with one attached hydrogen (secondary N) is 1. The van der Waals surface area contributed by atoms with E-state index in [2.05, 4.69) is 21.5 Å². The Morgan fingerprint density at radius 2 is 2.15 bits per heavy atom. The standard InChI is InChI=1S/C22H21F3N6O3/c1-2-34-17-6-18(20-14(7-26)9-28-31(20)12-17)13-3-4-19(27-8-13)30-10-15(22(23,24)25)5-16(11-30)29-21(32)33/h3-4,6,8-9,12,15-16,29H,2,5,10-11H2,1H3,(H,32,33)/t15-,16+/m0/s1. The van der Waals surface area contributed by atoms with E-state index in [0.717, 1.165) is 0 Å². The van der Waals surface area contributed by atoms with Gasteiger partial charge < -0.3 is 20.1 Å². The Kier molecular flexibility index (Phi) is 6.19. The average Bonchev–Trinajstić information content (AvgIpc) is 3.21. The molecule has 2 atom stereocenters. The average molecular weight is 474 g/mol. The normalized spacial score (nSPS) is 18.5. The number of halogens is 3. The third-order valence-electron chi connectivity index (χ3n) is 5.64. The minimum absolute atomic E-state index is 0.0660. The smallest absolute Gasteiger partial charge is 0.404 e. The molecule has 0 unspecified atom stereocenters. The lowest BCUT2D eigenvalue weighted by atomic mass is 9.93. The number of alkyl halides is 3. The molecule has 0 aliphatic carbocycles. The van der Waals surface area contributed by atoms with Crippen LogP contribution in [0.25, 0.3) is 16.6 Å². The molecule has 3 aromatic rings. The number of hydrogen-bond donors (Lipinski definition) is 2. The maximum Gasteiger partial charge on any atom is 0.404 e. The summed E-state index contributed by atoms with van der Waals surface area (Å²) < 4.78 is 47.5. The lowest BCUT2D eigenvalue weighted by Crippen LogP contribution is -2.53. The second kappa shape index (κ2) is 9.09. The van der Waals surface area contributed by atoms with Gasteiger partial charge in [-0.25, -0.2) is 14.3 Å². The van der Waals surface area contributed by atoms with Crippen molar-refractivity contribution in [2.24, 2.45) is 5.92 Å². The molecular formula is C22H21F3N6O3. The highest BCUT2D eigenvalue weighted by atomic mass is 19.4. The van der Waals surface area contributed by atoms with Gasteiger partial charge >= 0.3 is 12.3 Å². The number of amides is 1. The Labute approximate surface area is 192 Å². The van der Waals surface area contributed by atoms with Gasteiger partial charge in [0, 0.05) is 30.4 Å². The van der Waals surface area contributed by atoms with E-state index < -0.39 is 24.2 Å². The molecule has 0 spiro atoms. The van der Waals surface area contributed by atoms with Crippen molar-refractivity contribution in [1.82, 2.24) is 19.9 Å². The molecule has 4 rings (SSSR count). The van der Waals surface area contributed by atoms with E-state index in [1.165, 1.54) is 21.8 Å². The zero-order chi connectivity index (χ0) is 24.5. The van der Waals surface area contributed by atoms with Crippen molar-refractivity contribution in [3.05, 3.63) is 42.4 Å². The number of rotatable bonds is 5. The molecule has 1 aliphatic rings. The van der Waals surface area contributed by atoms with Crippen LogP contribution >= 0.6 is 0 Å². The van der Waals surface area contributed by atoms with Crippen molar-refractivity contribution in [3.8, 4) is 22.9 Å². The summed E-state index contributed by atoms with van der Waals surface area (Å²) in [7, 11) is 0. The molecule has 34 heavy (non-hydrogen) atoms. The van der Waals surface area contributed by atoms with Gasteiger partial charge in [-0.3, -0.25) is 0 Å². The number of nitrogens with zero attached hydrogens (tertiary/aromatic N) is 5. The molecule has 3 aromatic heterocycles. The Hall–Kier alpha value is -4.01. The van der Waals surface area contributed by atoms with Crippen LogP contribution in [0.1, 0.15) is 18.9 Å². The van der Waals surface area contributed by atoms with Crippen LogP contribution < -0.4 is 15.0 Å². The summed E-state index contributed by atoms with van der Waals surface area (Å²) in [6.45, 7) is 2.01. The fourth-order valence-electron chi connectivity index (χ4n) is 4.18. The third-order valence-corrected chi connectivity index (χ3v) is 5.64. The van der Waals surface area contributed by atoms with Gasteiger partial charge in [-0.05, 0) is 31.5 Å². The van der Waals surface area contributed by atoms with E-state index in [1.54, 1.807) is 24.4 Å². The van der Waals surface area contributed by atoms with Crippen LogP contribution in [0, 0.1) is 17.2 Å². The molecular weight excluding hydrogens is 453 g/mol. The van der Waals surface area contributed by atoms with Gasteiger partial charge in [-0.1, -0.05) is 0 Å². The Bertz CT molecular complexity index is 1240. The zero-order valence-electron chi connectivity index (χ0n) is 18.1. The number of aromatic nitrogens is 3. The second-order valence-electron chi connectivity index (χ2n) is 7.92. The van der Waals surface area contributed by atoms with Gasteiger partial charge in [-0.2, -0.15) is 23.5 Å². The summed E-state index contributed by atoms with van der Waals surface area (Å²) in [6, 6.07) is 6.25. The number of ether oxygens (including phenoxy) is 1. The molecule has 0 saturated carbocycles. The lowest BCUT2D eigenvalue weighted by molar-refractivity contribution is -0.177. The van der Waals surface area contributed by atoms with Gasteiger partial charge in [0.2, 0.25) is 0 Å². The largest absolute Gasteiger partial charge is 0.492 e. The zero-order valence-corrected chi connectivity index (χ0v) is 18.1. The van der Waals surface area contributed by atoms with Crippen LogP contribution in [-0.2, 0) is 0 Å². The van der Waals surface area contributed by atoms with Crippen molar-refractivity contribution < 1.29 is 27.8 Å². The first-order valence-electron chi connectivity index (χ1n) is 10.5. The number of piperidine rings is 1. The summed E-state index contributed by atoms with van der Waals surface area (Å²) >= 11 is 0. The SMILES string of the molecule is CCOc1cc(-c2ccc(N3C[C@H](NC(=O)O)C[C@H](C(F)(F)F)C3)nc2)c2c(C#N)cnn2c1. The maximum atomic E-state index is 13.4. The van der Waals surface area contributed by atoms with Gasteiger partial charge in [0.25, 0.3) is 0 Å². The van der Waals surface area contributed by atoms with Crippen LogP contribution in [0.2, 0.25) is 0 Å². The van der Waals surface area contributed by atoms with Gasteiger partial charge in [0.1, 0.15) is 17.6 Å². The molecule has 2 N–H and O–H groups in total. The van der Waals surface area contributed by atoms with Gasteiger partial charge in [0.05, 0.1) is 42.0 Å². The van der Waals surface area contributed by atoms with Crippen molar-refractivity contribution in [2.45, 2.75) is 25.6 Å². The Balaban J connectivity index is 1.68. The summed E-state index contributed by atoms with van der Waals surface area (Å²) in [4.78, 5) is 16.8. The van der Waals surface area contributed by atoms with E-state index >= 15 is 0 Å². The van der Waals surface area contributed by atoms with E-state index in [0.29, 0.717) is 40.4 Å². The number of anilines is 1. The number of carboxylic acid groups (broad SMARTS) is 1. The number of pyridine rings is 2. The van der Waals surface area contributed by atoms with Crippen LogP contribution in [0.3, 0.4) is 0 Å². The molecule has 1 saturated heterocycles. The lowest BCUT2D eigenvalue weighted by Gasteiger charge is -2.39. The van der Waals surface area contributed by atoms with E-state index in [9.17, 15) is 23.2 Å². The number of hydrogen-bond acceptors (Lipinski definition) is 6. The molecule has 0 aromatic carbocycles. The molecule has 0 radical (unpaired) electrons. The van der Waals surface area contributed by atoms with Gasteiger partial charge in [-0.15, -0.1) is 0 Å². The fraction of sp³-hybridized carbons (Fsp3) is 0.364. The topological polar surface area (TPSA) is 116 Å². The van der Waals surface area contributed by atoms with Crippen molar-refractivity contribution in [3.63, 3.8) is 0 Å². The molecule has 1 fully saturated rings. The molecule has 12 heteroatoms. The van der Waals surface area contributed by atoms with Crippen molar-refractivity contribution in [2.75, 3.05) is 24.6 Å². The number of nitriles is 1. The monoisotopic (exact) mass is 474 g/mol. The Morgan fingerprint density at radius 1 is 1.35 bits per heavy atom. The molecule has 0 bridgehead atoms. The summed E-state index contributed by atoms with van der Waals surface area (Å²) in [5.74, 6) is -0.860. The second-order valence-corrected chi connectivity index (χ2v) is 7.92. The van der Waals surface area contributed by atoms with Crippen LogP contribution in [-0.4, -0.2) is 57.7 Å². The van der Waals surface area contributed by atoms with Crippen LogP contribution in [0.5, 0.6) is 5.75 Å². The minimum Gasteiger partial charge on any atom is -0.492 e. The highest BCUT2D eigenvalue weighted by Gasteiger charge is 2.45. The predicted molar refractivity (Wildman–Crippen MR) is 116 cm³/mol. The van der Waals surface area contributed by atoms with Crippen molar-refractivity contribution >= 4 is 17.4 Å². The quantitative estimate of drug-likeness (QED) is 0.579. The minimum atomic E-state index is -4.46. The first kappa shape index (κ1) is 23.2. The van der Waals surface area contributed by atoms with E-state index in [1.807, 2.05) is 6.92 Å². The summed E-state index contributed by atoms with van der Waals surface area (Å²) in [6.07, 6.45) is -1.56. The predicted octanol–water partition coefficient (Wildman–Crippen LogP) is 3.69. The summed E-state index contributed by atoms with van der Waals surface area (Å²) in [5.41, 5.74) is 2.17. The highest BCUT2D eigenvalue weighted by Crippen LogP contribution is 2.36. The Morgan fingerprint density at radius 3 is 2.76 bits per heavy atom. The molecule has 9 nitrogen and oxygen atoms in total. The molecule has 1 amide bonds. The number of carbonyl (C=O) groups is 1. The van der Waals surface area contributed by atoms with Gasteiger partial charge in [0.15, 0.2) is 0 Å². The van der Waals surface area contributed by atoms with Crippen LogP contribution in [0.15, 0.2) is 36.8 Å². The van der Waals surface area contributed by atoms with Crippen LogP contribution in [0.4, 0.5) is 23.8 Å². The third kappa shape index (κ3) is 4.68. The highest BCUT2D eigenvalue weighted by molar-refractivity contribution is 5.85. The molecule has 4 heterocycles. The summed E-state index contributed by atoms with van der Waals surface area (Å²) in [5, 5.41) is 24.8. The fourth-order valence-corrected chi connectivity index (χ4v) is 4.18. The maximum absolute atomic E-state index is 13.4. The van der Waals surface area contributed by atoms with E-state index in [4.69, 9.17) is 9.84 Å². The molecule has 1 aliphatic heterocycles. The van der Waals surface area contributed by atoms with Crippen molar-refractivity contribution in [1.29, 1.82) is 5.26 Å². The molecule has 178 valence electrons. The number of fused-ring (bicyclic) bond motifs is 1. The first-order chi connectivity index (χ1) is 16.2. The van der Waals surface area contributed by atoms with E-state index in [-0.39, 0.29) is 19.5 Å². The first-order valence-corrected chi connectivity index (χ1v) is 10.5.